The number of benzene rings is 1. The number of hydrogen-bond donors (Lipinski definition) is 1. The van der Waals surface area contributed by atoms with Crippen molar-refractivity contribution in [2.24, 2.45) is 11.3 Å². The summed E-state index contributed by atoms with van der Waals surface area (Å²) in [5.41, 5.74) is 0.0884. The van der Waals surface area contributed by atoms with Gasteiger partial charge in [-0.1, -0.05) is 56.5 Å². The Bertz CT molecular complexity index is 759. The van der Waals surface area contributed by atoms with E-state index in [0.29, 0.717) is 36.0 Å². The second-order valence-electron chi connectivity index (χ2n) is 9.00. The fraction of sp³-hybridized carbons (Fsp3) is 0.619. The van der Waals surface area contributed by atoms with Gasteiger partial charge in [0.25, 0.3) is 5.91 Å². The fourth-order valence-corrected chi connectivity index (χ4v) is 4.89. The van der Waals surface area contributed by atoms with E-state index in [1.807, 2.05) is 25.7 Å². The van der Waals surface area contributed by atoms with Crippen molar-refractivity contribution in [1.29, 1.82) is 0 Å². The summed E-state index contributed by atoms with van der Waals surface area (Å²) in [7, 11) is 0. The smallest absolute Gasteiger partial charge is 0.407 e. The first-order valence-electron chi connectivity index (χ1n) is 9.85. The fourth-order valence-electron chi connectivity index (χ4n) is 4.51. The topological polar surface area (TPSA) is 60.9 Å². The number of hydrogen-bond acceptors (Lipinski definition) is 2. The van der Waals surface area contributed by atoms with Gasteiger partial charge in [-0.3, -0.25) is 4.79 Å². The van der Waals surface area contributed by atoms with Crippen molar-refractivity contribution in [2.75, 3.05) is 13.1 Å². The molecule has 0 aromatic heterocycles. The standard InChI is InChI=1S/C21H28Cl2N2O3/c1-21(2,3)18-16(10-11-24(18)20(27)28)25(12-13-6-4-7-13)19(26)14-8-5-9-15(22)17(14)23/h5,8-9,13,16,18H,4,6-7,10-12H2,1-3H3,(H,27,28)/t16-,18?/m0/s1. The molecule has 1 unspecified atom stereocenters. The van der Waals surface area contributed by atoms with Gasteiger partial charge in [0.15, 0.2) is 0 Å². The van der Waals surface area contributed by atoms with E-state index >= 15 is 0 Å². The molecule has 0 radical (unpaired) electrons. The third-order valence-corrected chi connectivity index (χ3v) is 6.84. The monoisotopic (exact) mass is 426 g/mol. The van der Waals surface area contributed by atoms with Crippen LogP contribution in [0.4, 0.5) is 4.79 Å². The zero-order chi connectivity index (χ0) is 20.6. The van der Waals surface area contributed by atoms with Crippen molar-refractivity contribution in [1.82, 2.24) is 9.80 Å². The molecule has 154 valence electrons. The van der Waals surface area contributed by atoms with Gasteiger partial charge in [0.1, 0.15) is 0 Å². The maximum atomic E-state index is 13.5. The van der Waals surface area contributed by atoms with Crippen molar-refractivity contribution < 1.29 is 14.7 Å². The Labute approximate surface area is 176 Å². The Morgan fingerprint density at radius 3 is 2.43 bits per heavy atom. The van der Waals surface area contributed by atoms with Gasteiger partial charge < -0.3 is 14.9 Å². The molecule has 1 aliphatic carbocycles. The molecular formula is C21H28Cl2N2O3. The molecule has 2 fully saturated rings. The molecule has 2 amide bonds. The maximum Gasteiger partial charge on any atom is 0.407 e. The predicted octanol–water partition coefficient (Wildman–Crippen LogP) is 5.40. The molecule has 5 nitrogen and oxygen atoms in total. The van der Waals surface area contributed by atoms with Crippen LogP contribution in [-0.2, 0) is 0 Å². The number of halogens is 2. The van der Waals surface area contributed by atoms with Crippen LogP contribution in [0.25, 0.3) is 0 Å². The molecule has 1 aromatic carbocycles. The van der Waals surface area contributed by atoms with Crippen molar-refractivity contribution in [3.05, 3.63) is 33.8 Å². The van der Waals surface area contributed by atoms with E-state index in [2.05, 4.69) is 0 Å². The van der Waals surface area contributed by atoms with E-state index in [9.17, 15) is 14.7 Å². The number of carbonyl (C=O) groups excluding carboxylic acids is 1. The largest absolute Gasteiger partial charge is 0.465 e. The van der Waals surface area contributed by atoms with Crippen LogP contribution >= 0.6 is 23.2 Å². The summed E-state index contributed by atoms with van der Waals surface area (Å²) in [5, 5.41) is 10.3. The second kappa shape index (κ2) is 8.11. The Hall–Kier alpha value is -1.46. The van der Waals surface area contributed by atoms with E-state index < -0.39 is 6.09 Å². The number of nitrogens with zero attached hydrogens (tertiary/aromatic N) is 2. The first-order valence-corrected chi connectivity index (χ1v) is 10.6. The molecule has 0 spiro atoms. The van der Waals surface area contributed by atoms with Crippen molar-refractivity contribution in [3.8, 4) is 0 Å². The van der Waals surface area contributed by atoms with Gasteiger partial charge in [-0.15, -0.1) is 0 Å². The van der Waals surface area contributed by atoms with Gasteiger partial charge in [-0.05, 0) is 42.7 Å². The normalized spacial score (nSPS) is 22.8. The summed E-state index contributed by atoms with van der Waals surface area (Å²) in [6, 6.07) is 4.63. The summed E-state index contributed by atoms with van der Waals surface area (Å²) in [6.45, 7) is 7.16. The Morgan fingerprint density at radius 2 is 1.89 bits per heavy atom. The van der Waals surface area contributed by atoms with Crippen LogP contribution in [0.3, 0.4) is 0 Å². The molecule has 2 aliphatic rings. The third kappa shape index (κ3) is 4.11. The van der Waals surface area contributed by atoms with Crippen LogP contribution in [-0.4, -0.2) is 52.1 Å². The van der Waals surface area contributed by atoms with E-state index in [-0.39, 0.29) is 28.4 Å². The highest BCUT2D eigenvalue weighted by atomic mass is 35.5. The molecule has 1 aromatic rings. The van der Waals surface area contributed by atoms with Gasteiger partial charge in [-0.25, -0.2) is 4.79 Å². The number of carboxylic acid groups (broad SMARTS) is 1. The molecule has 0 bridgehead atoms. The van der Waals surface area contributed by atoms with Crippen LogP contribution in [0.5, 0.6) is 0 Å². The number of rotatable bonds is 4. The summed E-state index contributed by atoms with van der Waals surface area (Å²) >= 11 is 12.5. The first-order chi connectivity index (χ1) is 13.1. The van der Waals surface area contributed by atoms with Crippen molar-refractivity contribution in [3.63, 3.8) is 0 Å². The Balaban J connectivity index is 1.98. The highest BCUT2D eigenvalue weighted by Gasteiger charge is 2.48. The number of amides is 2. The molecule has 1 heterocycles. The molecule has 3 rings (SSSR count). The summed E-state index contributed by atoms with van der Waals surface area (Å²) in [6.07, 6.45) is 3.08. The summed E-state index contributed by atoms with van der Waals surface area (Å²) in [5.74, 6) is 0.298. The van der Waals surface area contributed by atoms with Gasteiger partial charge in [-0.2, -0.15) is 0 Å². The number of likely N-dealkylation sites (tertiary alicyclic amines) is 1. The van der Waals surface area contributed by atoms with Crippen LogP contribution in [0, 0.1) is 11.3 Å². The lowest BCUT2D eigenvalue weighted by Gasteiger charge is -2.43. The SMILES string of the molecule is CC(C)(C)C1[C@@H](N(CC2CCC2)C(=O)c2cccc(Cl)c2Cl)CCN1C(=O)O. The van der Waals surface area contributed by atoms with Gasteiger partial charge in [0, 0.05) is 13.1 Å². The molecule has 28 heavy (non-hydrogen) atoms. The lowest BCUT2D eigenvalue weighted by atomic mass is 9.80. The lowest BCUT2D eigenvalue weighted by molar-refractivity contribution is 0.0375. The maximum absolute atomic E-state index is 13.5. The summed E-state index contributed by atoms with van der Waals surface area (Å²) in [4.78, 5) is 28.8. The zero-order valence-corrected chi connectivity index (χ0v) is 18.1. The van der Waals surface area contributed by atoms with Gasteiger partial charge in [0.2, 0.25) is 0 Å². The van der Waals surface area contributed by atoms with Crippen LogP contribution in [0.1, 0.15) is 56.8 Å². The molecular weight excluding hydrogens is 399 g/mol. The molecule has 1 aliphatic heterocycles. The average molecular weight is 427 g/mol. The predicted molar refractivity (Wildman–Crippen MR) is 111 cm³/mol. The highest BCUT2D eigenvalue weighted by Crippen LogP contribution is 2.39. The quantitative estimate of drug-likeness (QED) is 0.700. The van der Waals surface area contributed by atoms with E-state index in [4.69, 9.17) is 23.2 Å². The Morgan fingerprint density at radius 1 is 1.21 bits per heavy atom. The minimum Gasteiger partial charge on any atom is -0.465 e. The van der Waals surface area contributed by atoms with Crippen molar-refractivity contribution >= 4 is 35.2 Å². The van der Waals surface area contributed by atoms with Crippen LogP contribution in [0.2, 0.25) is 10.0 Å². The van der Waals surface area contributed by atoms with E-state index in [1.54, 1.807) is 18.2 Å². The summed E-state index contributed by atoms with van der Waals surface area (Å²) < 4.78 is 0. The molecule has 2 atom stereocenters. The van der Waals surface area contributed by atoms with Crippen LogP contribution in [0.15, 0.2) is 18.2 Å². The van der Waals surface area contributed by atoms with Crippen molar-refractivity contribution in [2.45, 2.75) is 58.5 Å². The minimum absolute atomic E-state index is 0.161. The number of carbonyl (C=O) groups is 2. The van der Waals surface area contributed by atoms with E-state index in [0.717, 1.165) is 12.8 Å². The third-order valence-electron chi connectivity index (χ3n) is 6.02. The second-order valence-corrected chi connectivity index (χ2v) is 9.78. The lowest BCUT2D eigenvalue weighted by Crippen LogP contribution is -2.55. The van der Waals surface area contributed by atoms with E-state index in [1.165, 1.54) is 11.3 Å². The Kier molecular flexibility index (Phi) is 6.16. The molecule has 7 heteroatoms. The highest BCUT2D eigenvalue weighted by molar-refractivity contribution is 6.43. The molecule has 1 N–H and O–H groups in total. The average Bonchev–Trinajstić information content (AvgIpc) is 3.01. The van der Waals surface area contributed by atoms with Gasteiger partial charge in [0.05, 0.1) is 27.7 Å². The molecule has 1 saturated carbocycles. The first kappa shape index (κ1) is 21.3. The van der Waals surface area contributed by atoms with Gasteiger partial charge >= 0.3 is 6.09 Å². The van der Waals surface area contributed by atoms with Crippen LogP contribution < -0.4 is 0 Å². The molecule has 1 saturated heterocycles. The zero-order valence-electron chi connectivity index (χ0n) is 16.6. The minimum atomic E-state index is -0.931.